The monoisotopic (exact) mass is 271 g/mol. The maximum atomic E-state index is 11.0. The van der Waals surface area contributed by atoms with E-state index in [4.69, 9.17) is 5.11 Å². The number of carbonyl (C=O) groups is 1. The Morgan fingerprint density at radius 2 is 1.95 bits per heavy atom. The summed E-state index contributed by atoms with van der Waals surface area (Å²) in [6.45, 7) is 3.85. The number of carboxylic acid groups (broad SMARTS) is 1. The van der Waals surface area contributed by atoms with Crippen molar-refractivity contribution in [3.05, 3.63) is 29.3 Å². The highest BCUT2D eigenvalue weighted by molar-refractivity contribution is 5.89. The van der Waals surface area contributed by atoms with Gasteiger partial charge in [-0.15, -0.1) is 0 Å². The van der Waals surface area contributed by atoms with Crippen LogP contribution in [0.2, 0.25) is 0 Å². The van der Waals surface area contributed by atoms with Crippen LogP contribution >= 0.6 is 0 Å². The van der Waals surface area contributed by atoms with Crippen LogP contribution in [-0.4, -0.2) is 48.2 Å². The fourth-order valence-corrected chi connectivity index (χ4v) is 2.80. The van der Waals surface area contributed by atoms with E-state index in [1.807, 2.05) is 0 Å². The van der Waals surface area contributed by atoms with Gasteiger partial charge in [-0.05, 0) is 31.0 Å². The van der Waals surface area contributed by atoms with Crippen molar-refractivity contribution in [2.24, 2.45) is 0 Å². The summed E-state index contributed by atoms with van der Waals surface area (Å²) in [6.07, 6.45) is 2.63. The van der Waals surface area contributed by atoms with Gasteiger partial charge in [0.2, 0.25) is 0 Å². The molecule has 1 heterocycles. The molecule has 0 amide bonds. The van der Waals surface area contributed by atoms with Crippen molar-refractivity contribution in [2.45, 2.75) is 18.9 Å². The van der Waals surface area contributed by atoms with Crippen LogP contribution < -0.4 is 4.90 Å². The van der Waals surface area contributed by atoms with Crippen LogP contribution in [0.3, 0.4) is 0 Å². The van der Waals surface area contributed by atoms with Crippen molar-refractivity contribution in [3.8, 4) is 6.07 Å². The molecule has 0 radical (unpaired) electrons. The molecule has 5 heteroatoms. The van der Waals surface area contributed by atoms with E-state index in [1.165, 1.54) is 18.9 Å². The minimum absolute atomic E-state index is 0.168. The second-order valence-electron chi connectivity index (χ2n) is 5.40. The number of nitrogens with zero attached hydrogens (tertiary/aromatic N) is 3. The molecule has 0 aromatic heterocycles. The molecule has 3 rings (SSSR count). The summed E-state index contributed by atoms with van der Waals surface area (Å²) in [5.41, 5.74) is 1.47. The molecule has 0 unspecified atom stereocenters. The van der Waals surface area contributed by atoms with Crippen LogP contribution in [0, 0.1) is 11.3 Å². The number of benzene rings is 1. The van der Waals surface area contributed by atoms with E-state index in [-0.39, 0.29) is 5.56 Å². The van der Waals surface area contributed by atoms with Gasteiger partial charge in [-0.2, -0.15) is 5.26 Å². The molecule has 0 bridgehead atoms. The number of nitriles is 1. The summed E-state index contributed by atoms with van der Waals surface area (Å²) in [7, 11) is 0. The van der Waals surface area contributed by atoms with Gasteiger partial charge in [0.15, 0.2) is 0 Å². The number of carboxylic acids is 1. The van der Waals surface area contributed by atoms with E-state index in [2.05, 4.69) is 15.9 Å². The van der Waals surface area contributed by atoms with Crippen molar-refractivity contribution < 1.29 is 9.90 Å². The lowest BCUT2D eigenvalue weighted by Crippen LogP contribution is -2.47. The topological polar surface area (TPSA) is 67.6 Å². The quantitative estimate of drug-likeness (QED) is 0.903. The smallest absolute Gasteiger partial charge is 0.335 e. The summed E-state index contributed by atoms with van der Waals surface area (Å²) in [4.78, 5) is 15.6. The van der Waals surface area contributed by atoms with Crippen LogP contribution in [0.4, 0.5) is 5.69 Å². The molecular weight excluding hydrogens is 254 g/mol. The molecule has 1 aromatic carbocycles. The molecule has 1 aromatic rings. The van der Waals surface area contributed by atoms with E-state index in [9.17, 15) is 10.1 Å². The number of aromatic carboxylic acids is 1. The van der Waals surface area contributed by atoms with E-state index in [0.717, 1.165) is 37.9 Å². The molecule has 1 aliphatic carbocycles. The van der Waals surface area contributed by atoms with Gasteiger partial charge in [0.05, 0.1) is 16.8 Å². The number of rotatable bonds is 3. The SMILES string of the molecule is N#Cc1cc(C(=O)O)ccc1N1CCN(C2CC2)CC1. The van der Waals surface area contributed by atoms with E-state index < -0.39 is 5.97 Å². The Morgan fingerprint density at radius 1 is 1.25 bits per heavy atom. The summed E-state index contributed by atoms with van der Waals surface area (Å²) in [5.74, 6) is -0.994. The fraction of sp³-hybridized carbons (Fsp3) is 0.467. The molecule has 1 N–H and O–H groups in total. The van der Waals surface area contributed by atoms with Crippen molar-refractivity contribution in [1.29, 1.82) is 5.26 Å². The Morgan fingerprint density at radius 3 is 2.50 bits per heavy atom. The van der Waals surface area contributed by atoms with Crippen molar-refractivity contribution in [3.63, 3.8) is 0 Å². The van der Waals surface area contributed by atoms with E-state index in [0.29, 0.717) is 5.56 Å². The highest BCUT2D eigenvalue weighted by Gasteiger charge is 2.31. The first-order valence-electron chi connectivity index (χ1n) is 6.95. The Labute approximate surface area is 118 Å². The third kappa shape index (κ3) is 2.47. The number of hydrogen-bond donors (Lipinski definition) is 1. The Bertz CT molecular complexity index is 567. The van der Waals surface area contributed by atoms with Gasteiger partial charge in [-0.3, -0.25) is 4.90 Å². The highest BCUT2D eigenvalue weighted by atomic mass is 16.4. The molecule has 0 spiro atoms. The Hall–Kier alpha value is -2.06. The first-order valence-corrected chi connectivity index (χ1v) is 6.95. The van der Waals surface area contributed by atoms with Crippen molar-refractivity contribution >= 4 is 11.7 Å². The van der Waals surface area contributed by atoms with Gasteiger partial charge < -0.3 is 10.0 Å². The zero-order valence-corrected chi connectivity index (χ0v) is 11.2. The molecule has 1 saturated carbocycles. The third-order valence-electron chi connectivity index (χ3n) is 4.08. The highest BCUT2D eigenvalue weighted by Crippen LogP contribution is 2.29. The Kier molecular flexibility index (Phi) is 3.33. The fourth-order valence-electron chi connectivity index (χ4n) is 2.80. The lowest BCUT2D eigenvalue weighted by atomic mass is 10.1. The maximum Gasteiger partial charge on any atom is 0.335 e. The van der Waals surface area contributed by atoms with E-state index in [1.54, 1.807) is 12.1 Å². The largest absolute Gasteiger partial charge is 0.478 e. The summed E-state index contributed by atoms with van der Waals surface area (Å²) in [5, 5.41) is 18.2. The van der Waals surface area contributed by atoms with Crippen molar-refractivity contribution in [1.82, 2.24) is 4.90 Å². The average molecular weight is 271 g/mol. The molecule has 1 saturated heterocycles. The first-order chi connectivity index (χ1) is 9.69. The molecule has 2 fully saturated rings. The molecule has 5 nitrogen and oxygen atoms in total. The summed E-state index contributed by atoms with van der Waals surface area (Å²) < 4.78 is 0. The van der Waals surface area contributed by atoms with Crippen molar-refractivity contribution in [2.75, 3.05) is 31.1 Å². The van der Waals surface area contributed by atoms with Gasteiger partial charge in [0.1, 0.15) is 6.07 Å². The van der Waals surface area contributed by atoms with Gasteiger partial charge in [-0.1, -0.05) is 0 Å². The average Bonchev–Trinajstić information content (AvgIpc) is 3.31. The standard InChI is InChI=1S/C15H17N3O2/c16-10-12-9-11(15(19)20)1-4-14(12)18-7-5-17(6-8-18)13-2-3-13/h1,4,9,13H,2-3,5-8H2,(H,19,20). The predicted molar refractivity (Wildman–Crippen MR) is 74.9 cm³/mol. The molecule has 0 atom stereocenters. The molecule has 2 aliphatic rings. The molecular formula is C15H17N3O2. The van der Waals surface area contributed by atoms with Crippen LogP contribution in [0.15, 0.2) is 18.2 Å². The minimum atomic E-state index is -0.994. The second kappa shape index (κ2) is 5.14. The number of piperazine rings is 1. The van der Waals surface area contributed by atoms with Crippen LogP contribution in [0.5, 0.6) is 0 Å². The maximum absolute atomic E-state index is 11.0. The van der Waals surface area contributed by atoms with Gasteiger partial charge in [0.25, 0.3) is 0 Å². The first kappa shape index (κ1) is 12.9. The van der Waals surface area contributed by atoms with Gasteiger partial charge >= 0.3 is 5.97 Å². The zero-order valence-electron chi connectivity index (χ0n) is 11.2. The zero-order chi connectivity index (χ0) is 14.1. The summed E-state index contributed by atoms with van der Waals surface area (Å²) >= 11 is 0. The summed E-state index contributed by atoms with van der Waals surface area (Å²) in [6, 6.07) is 7.69. The van der Waals surface area contributed by atoms with Crippen LogP contribution in [-0.2, 0) is 0 Å². The number of anilines is 1. The van der Waals surface area contributed by atoms with Gasteiger partial charge in [-0.25, -0.2) is 4.79 Å². The second-order valence-corrected chi connectivity index (χ2v) is 5.40. The predicted octanol–water partition coefficient (Wildman–Crippen LogP) is 1.54. The lowest BCUT2D eigenvalue weighted by Gasteiger charge is -2.36. The minimum Gasteiger partial charge on any atom is -0.478 e. The molecule has 1 aliphatic heterocycles. The number of hydrogen-bond acceptors (Lipinski definition) is 4. The lowest BCUT2D eigenvalue weighted by molar-refractivity contribution is 0.0697. The molecule has 20 heavy (non-hydrogen) atoms. The molecule has 104 valence electrons. The normalized spacial score (nSPS) is 19.6. The Balaban J connectivity index is 1.76. The van der Waals surface area contributed by atoms with Crippen LogP contribution in [0.1, 0.15) is 28.8 Å². The van der Waals surface area contributed by atoms with Gasteiger partial charge in [0, 0.05) is 32.2 Å². The third-order valence-corrected chi connectivity index (χ3v) is 4.08. The van der Waals surface area contributed by atoms with E-state index >= 15 is 0 Å². The van der Waals surface area contributed by atoms with Crippen LogP contribution in [0.25, 0.3) is 0 Å².